The number of amides is 1. The van der Waals surface area contributed by atoms with Crippen LogP contribution in [0.3, 0.4) is 0 Å². The molecule has 0 aliphatic carbocycles. The summed E-state index contributed by atoms with van der Waals surface area (Å²) in [4.78, 5) is 22.4. The molecule has 1 N–H and O–H groups in total. The van der Waals surface area contributed by atoms with Crippen molar-refractivity contribution in [2.45, 2.75) is 6.54 Å². The normalized spacial score (nSPS) is 14.5. The van der Waals surface area contributed by atoms with E-state index in [2.05, 4.69) is 39.3 Å². The highest BCUT2D eigenvalue weighted by Gasteiger charge is 2.17. The van der Waals surface area contributed by atoms with E-state index in [0.717, 1.165) is 54.1 Å². The van der Waals surface area contributed by atoms with Gasteiger partial charge in [0.15, 0.2) is 5.13 Å². The molecule has 4 aromatic rings. The van der Waals surface area contributed by atoms with Crippen molar-refractivity contribution in [2.75, 3.05) is 45.7 Å². The van der Waals surface area contributed by atoms with Crippen LogP contribution in [-0.4, -0.2) is 61.0 Å². The summed E-state index contributed by atoms with van der Waals surface area (Å²) in [7, 11) is 3.80. The molecule has 1 aliphatic rings. The number of rotatable bonds is 6. The molecule has 1 aliphatic heterocycles. The molecule has 3 aromatic carbocycles. The zero-order valence-corrected chi connectivity index (χ0v) is 21.5. The van der Waals surface area contributed by atoms with Gasteiger partial charge in [0.2, 0.25) is 0 Å². The first kappa shape index (κ1) is 25.1. The molecule has 2 heterocycles. The Hall–Kier alpha value is -2.97. The van der Waals surface area contributed by atoms with Gasteiger partial charge in [-0.05, 0) is 42.4 Å². The Bertz CT molecular complexity index is 1290. The molecule has 0 unspecified atom stereocenters. The van der Waals surface area contributed by atoms with E-state index in [-0.39, 0.29) is 18.3 Å². The number of carbonyl (C=O) groups is 1. The Morgan fingerprint density at radius 2 is 1.71 bits per heavy atom. The molecule has 0 spiro atoms. The van der Waals surface area contributed by atoms with Crippen molar-refractivity contribution in [3.05, 3.63) is 77.9 Å². The second-order valence-electron chi connectivity index (χ2n) is 8.61. The predicted octanol–water partition coefficient (Wildman–Crippen LogP) is 5.39. The van der Waals surface area contributed by atoms with Gasteiger partial charge in [0, 0.05) is 43.9 Å². The fourth-order valence-corrected chi connectivity index (χ4v) is 5.25. The zero-order valence-electron chi connectivity index (χ0n) is 19.9. The fourth-order valence-electron chi connectivity index (χ4n) is 4.24. The molecule has 6 nitrogen and oxygen atoms in total. The first-order valence-corrected chi connectivity index (χ1v) is 12.3. The van der Waals surface area contributed by atoms with E-state index in [9.17, 15) is 4.79 Å². The number of hydrogen-bond donors (Lipinski definition) is 1. The van der Waals surface area contributed by atoms with Crippen LogP contribution in [0.1, 0.15) is 15.9 Å². The summed E-state index contributed by atoms with van der Waals surface area (Å²) in [6.45, 7) is 5.25. The first-order chi connectivity index (χ1) is 16.6. The average molecular weight is 509 g/mol. The maximum atomic E-state index is 12.9. The SMILES string of the molecule is COc1ccc(-c2ccccc2)c2sc(NC(=O)c3ccc(CN4CCN(C)CC4)cc3)nc12.Cl. The fraction of sp³-hybridized carbons (Fsp3) is 0.259. The van der Waals surface area contributed by atoms with E-state index < -0.39 is 0 Å². The molecule has 1 fully saturated rings. The van der Waals surface area contributed by atoms with Gasteiger partial charge in [0.25, 0.3) is 5.91 Å². The first-order valence-electron chi connectivity index (χ1n) is 11.4. The second kappa shape index (κ2) is 11.2. The monoisotopic (exact) mass is 508 g/mol. The number of methoxy groups -OCH3 is 1. The molecular weight excluding hydrogens is 480 g/mol. The van der Waals surface area contributed by atoms with Crippen molar-refractivity contribution in [3.8, 4) is 16.9 Å². The number of benzene rings is 3. The van der Waals surface area contributed by atoms with Gasteiger partial charge in [-0.2, -0.15) is 0 Å². The number of carbonyl (C=O) groups excluding carboxylic acids is 1. The van der Waals surface area contributed by atoms with Gasteiger partial charge in [0.05, 0.1) is 11.8 Å². The maximum absolute atomic E-state index is 12.9. The summed E-state index contributed by atoms with van der Waals surface area (Å²) in [5.74, 6) is 0.533. The molecule has 0 atom stereocenters. The highest BCUT2D eigenvalue weighted by molar-refractivity contribution is 7.23. The Morgan fingerprint density at radius 1 is 1.00 bits per heavy atom. The van der Waals surface area contributed by atoms with Crippen LogP contribution in [-0.2, 0) is 6.54 Å². The summed E-state index contributed by atoms with van der Waals surface area (Å²) in [6.07, 6.45) is 0. The van der Waals surface area contributed by atoms with Gasteiger partial charge in [-0.1, -0.05) is 53.8 Å². The number of nitrogens with one attached hydrogen (secondary N) is 1. The van der Waals surface area contributed by atoms with Crippen LogP contribution < -0.4 is 10.1 Å². The van der Waals surface area contributed by atoms with E-state index in [1.54, 1.807) is 7.11 Å². The Kier molecular flexibility index (Phi) is 8.03. The Labute approximate surface area is 215 Å². The quantitative estimate of drug-likeness (QED) is 0.378. The lowest BCUT2D eigenvalue weighted by Crippen LogP contribution is -2.43. The highest BCUT2D eigenvalue weighted by atomic mass is 35.5. The number of halogens is 1. The van der Waals surface area contributed by atoms with Crippen LogP contribution in [0, 0.1) is 0 Å². The molecule has 0 bridgehead atoms. The van der Waals surface area contributed by atoms with Crippen molar-refractivity contribution >= 4 is 45.0 Å². The minimum absolute atomic E-state index is 0. The van der Waals surface area contributed by atoms with Crippen LogP contribution in [0.2, 0.25) is 0 Å². The number of nitrogens with zero attached hydrogens (tertiary/aromatic N) is 3. The van der Waals surface area contributed by atoms with Gasteiger partial charge in [-0.25, -0.2) is 4.98 Å². The van der Waals surface area contributed by atoms with Gasteiger partial charge >= 0.3 is 0 Å². The van der Waals surface area contributed by atoms with Gasteiger partial charge in [-0.15, -0.1) is 12.4 Å². The second-order valence-corrected chi connectivity index (χ2v) is 9.61. The molecule has 0 radical (unpaired) electrons. The van der Waals surface area contributed by atoms with E-state index in [0.29, 0.717) is 16.4 Å². The van der Waals surface area contributed by atoms with E-state index in [4.69, 9.17) is 4.74 Å². The summed E-state index contributed by atoms with van der Waals surface area (Å²) < 4.78 is 6.52. The Balaban J connectivity index is 0.00000289. The molecule has 0 saturated carbocycles. The third-order valence-corrected chi connectivity index (χ3v) is 7.25. The minimum Gasteiger partial charge on any atom is -0.494 e. The number of fused-ring (bicyclic) bond motifs is 1. The minimum atomic E-state index is -0.162. The molecule has 1 aromatic heterocycles. The number of piperazine rings is 1. The van der Waals surface area contributed by atoms with Crippen LogP contribution in [0.4, 0.5) is 5.13 Å². The molecular formula is C27H29ClN4O2S. The smallest absolute Gasteiger partial charge is 0.257 e. The number of aromatic nitrogens is 1. The zero-order chi connectivity index (χ0) is 23.5. The van der Waals surface area contributed by atoms with Gasteiger partial charge in [-0.3, -0.25) is 15.0 Å². The van der Waals surface area contributed by atoms with Crippen molar-refractivity contribution in [2.24, 2.45) is 0 Å². The number of thiazole rings is 1. The molecule has 182 valence electrons. The van der Waals surface area contributed by atoms with Crippen LogP contribution in [0.15, 0.2) is 66.7 Å². The van der Waals surface area contributed by atoms with E-state index >= 15 is 0 Å². The summed E-state index contributed by atoms with van der Waals surface area (Å²) in [5.41, 5.74) is 4.77. The van der Waals surface area contributed by atoms with E-state index in [1.807, 2.05) is 54.6 Å². The Morgan fingerprint density at radius 3 is 2.40 bits per heavy atom. The predicted molar refractivity (Wildman–Crippen MR) is 146 cm³/mol. The number of anilines is 1. The number of hydrogen-bond acceptors (Lipinski definition) is 6. The van der Waals surface area contributed by atoms with Crippen molar-refractivity contribution in [1.29, 1.82) is 0 Å². The largest absolute Gasteiger partial charge is 0.494 e. The van der Waals surface area contributed by atoms with Crippen molar-refractivity contribution in [1.82, 2.24) is 14.8 Å². The molecule has 1 saturated heterocycles. The summed E-state index contributed by atoms with van der Waals surface area (Å²) in [6, 6.07) is 22.0. The highest BCUT2D eigenvalue weighted by Crippen LogP contribution is 2.39. The topological polar surface area (TPSA) is 57.7 Å². The summed E-state index contributed by atoms with van der Waals surface area (Å²) >= 11 is 1.46. The standard InChI is InChI=1S/C27H28N4O2S.ClH/c1-30-14-16-31(17-15-30)18-19-8-10-21(11-9-19)26(32)29-27-28-24-23(33-2)13-12-22(25(24)34-27)20-6-4-3-5-7-20;/h3-13H,14-18H2,1-2H3,(H,28,29,32);1H. The van der Waals surface area contributed by atoms with Crippen LogP contribution in [0.25, 0.3) is 21.3 Å². The molecule has 1 amide bonds. The van der Waals surface area contributed by atoms with E-state index in [1.165, 1.54) is 16.9 Å². The number of ether oxygens (including phenoxy) is 1. The van der Waals surface area contributed by atoms with Gasteiger partial charge in [0.1, 0.15) is 11.3 Å². The van der Waals surface area contributed by atoms with Gasteiger partial charge < -0.3 is 9.64 Å². The van der Waals surface area contributed by atoms with Crippen LogP contribution >= 0.6 is 23.7 Å². The number of likely N-dealkylation sites (N-methyl/N-ethyl adjacent to an activating group) is 1. The lowest BCUT2D eigenvalue weighted by molar-refractivity contribution is 0.102. The molecule has 8 heteroatoms. The maximum Gasteiger partial charge on any atom is 0.257 e. The van der Waals surface area contributed by atoms with Crippen LogP contribution in [0.5, 0.6) is 5.75 Å². The van der Waals surface area contributed by atoms with Crippen molar-refractivity contribution in [3.63, 3.8) is 0 Å². The lowest BCUT2D eigenvalue weighted by atomic mass is 10.1. The van der Waals surface area contributed by atoms with Crippen molar-refractivity contribution < 1.29 is 9.53 Å². The molecule has 35 heavy (non-hydrogen) atoms. The summed E-state index contributed by atoms with van der Waals surface area (Å²) in [5, 5.41) is 3.54. The third kappa shape index (κ3) is 5.65. The lowest BCUT2D eigenvalue weighted by Gasteiger charge is -2.32. The average Bonchev–Trinajstić information content (AvgIpc) is 3.29. The molecule has 5 rings (SSSR count). The third-order valence-electron chi connectivity index (χ3n) is 6.25.